The fourth-order valence-corrected chi connectivity index (χ4v) is 6.76. The number of carboxylic acid groups (broad SMARTS) is 1. The van der Waals surface area contributed by atoms with E-state index >= 15 is 0 Å². The monoisotopic (exact) mass is 683 g/mol. The molecule has 242 valence electrons. The molecule has 2 saturated carbocycles. The van der Waals surface area contributed by atoms with E-state index in [1.165, 1.54) is 23.4 Å². The summed E-state index contributed by atoms with van der Waals surface area (Å²) in [6.45, 7) is 1.71. The van der Waals surface area contributed by atoms with Crippen molar-refractivity contribution in [2.45, 2.75) is 55.6 Å². The van der Waals surface area contributed by atoms with Crippen molar-refractivity contribution in [2.24, 2.45) is 0 Å². The number of amides is 3. The highest BCUT2D eigenvalue weighted by Crippen LogP contribution is 2.47. The van der Waals surface area contributed by atoms with Crippen molar-refractivity contribution in [3.05, 3.63) is 105 Å². The van der Waals surface area contributed by atoms with E-state index in [9.17, 15) is 29.5 Å². The van der Waals surface area contributed by atoms with Crippen LogP contribution in [0.3, 0.4) is 0 Å². The number of carboxylic acids is 1. The van der Waals surface area contributed by atoms with E-state index in [-0.39, 0.29) is 35.4 Å². The molecule has 0 unspecified atom stereocenters. The molecule has 0 bridgehead atoms. The number of aromatic carboxylic acids is 1. The summed E-state index contributed by atoms with van der Waals surface area (Å²) in [5.41, 5.74) is -0.992. The Morgan fingerprint density at radius 2 is 1.65 bits per heavy atom. The Kier molecular flexibility index (Phi) is 7.30. The molecule has 2 fully saturated rings. The lowest BCUT2D eigenvalue weighted by molar-refractivity contribution is -0.125. The highest BCUT2D eigenvalue weighted by Gasteiger charge is 2.57. The van der Waals surface area contributed by atoms with Gasteiger partial charge in [0, 0.05) is 22.7 Å². The SMILES string of the molecule is C[C@@]1(Cc2ccc(C#N)cc2)C(=O)N(c2cc(Cl)cc(Cl)c2)c2ncc(C(=O)NC3(C(=O)NC4(c5ccc(C(=O)O)cn5)CC4)CC3)n21. The number of nitriles is 1. The zero-order valence-corrected chi connectivity index (χ0v) is 27.0. The van der Waals surface area contributed by atoms with Crippen LogP contribution < -0.4 is 15.5 Å². The fraction of sp³-hybridized carbons (Fsp3) is 0.265. The van der Waals surface area contributed by atoms with Crippen LogP contribution in [0.4, 0.5) is 11.6 Å². The number of carbonyl (C=O) groups excluding carboxylic acids is 3. The number of carbonyl (C=O) groups is 4. The van der Waals surface area contributed by atoms with Crippen LogP contribution in [0.2, 0.25) is 10.0 Å². The maximum atomic E-state index is 14.3. The maximum Gasteiger partial charge on any atom is 0.337 e. The summed E-state index contributed by atoms with van der Waals surface area (Å²) in [6.07, 6.45) is 4.85. The predicted octanol–water partition coefficient (Wildman–Crippen LogP) is 4.86. The topological polar surface area (TPSA) is 170 Å². The number of rotatable bonds is 9. The Morgan fingerprint density at radius 3 is 2.21 bits per heavy atom. The molecule has 4 aromatic rings. The highest BCUT2D eigenvalue weighted by atomic mass is 35.5. The molecule has 1 atom stereocenters. The van der Waals surface area contributed by atoms with E-state index in [0.717, 1.165) is 5.56 Å². The lowest BCUT2D eigenvalue weighted by Crippen LogP contribution is -2.52. The zero-order chi connectivity index (χ0) is 34.0. The lowest BCUT2D eigenvalue weighted by Gasteiger charge is -2.27. The average molecular weight is 685 g/mol. The predicted molar refractivity (Wildman–Crippen MR) is 174 cm³/mol. The number of anilines is 2. The average Bonchev–Trinajstić information content (AvgIpc) is 3.96. The summed E-state index contributed by atoms with van der Waals surface area (Å²) in [5, 5.41) is 25.0. The molecule has 0 radical (unpaired) electrons. The Hall–Kier alpha value is -5.25. The molecule has 7 rings (SSSR count). The number of hydrogen-bond donors (Lipinski definition) is 3. The van der Waals surface area contributed by atoms with E-state index in [4.69, 9.17) is 23.2 Å². The molecule has 1 aliphatic heterocycles. The minimum Gasteiger partial charge on any atom is -0.478 e. The van der Waals surface area contributed by atoms with Crippen LogP contribution in [-0.2, 0) is 27.1 Å². The summed E-state index contributed by atoms with van der Waals surface area (Å²) < 4.78 is 1.57. The molecule has 2 aromatic carbocycles. The minimum absolute atomic E-state index is 0.0434. The van der Waals surface area contributed by atoms with Crippen molar-refractivity contribution in [1.29, 1.82) is 5.26 Å². The van der Waals surface area contributed by atoms with Gasteiger partial charge in [-0.3, -0.25) is 23.9 Å². The third kappa shape index (κ3) is 5.25. The molecule has 0 spiro atoms. The van der Waals surface area contributed by atoms with Gasteiger partial charge in [0.15, 0.2) is 0 Å². The number of nitrogens with zero attached hydrogens (tertiary/aromatic N) is 5. The molecule has 3 N–H and O–H groups in total. The van der Waals surface area contributed by atoms with Crippen LogP contribution in [0.5, 0.6) is 0 Å². The Morgan fingerprint density at radius 1 is 0.958 bits per heavy atom. The number of halogens is 2. The first-order valence-electron chi connectivity index (χ1n) is 15.1. The van der Waals surface area contributed by atoms with Gasteiger partial charge in [0.1, 0.15) is 16.8 Å². The summed E-state index contributed by atoms with van der Waals surface area (Å²) in [7, 11) is 0. The Balaban J connectivity index is 1.19. The van der Waals surface area contributed by atoms with E-state index in [1.807, 2.05) is 0 Å². The van der Waals surface area contributed by atoms with Gasteiger partial charge in [-0.15, -0.1) is 0 Å². The lowest BCUT2D eigenvalue weighted by atomic mass is 9.91. The smallest absolute Gasteiger partial charge is 0.337 e. The summed E-state index contributed by atoms with van der Waals surface area (Å²) in [4.78, 5) is 63.4. The molecular weight excluding hydrogens is 657 g/mol. The molecule has 12 nitrogen and oxygen atoms in total. The molecule has 0 saturated heterocycles. The first kappa shape index (κ1) is 31.4. The maximum absolute atomic E-state index is 14.3. The Labute approximate surface area is 284 Å². The first-order valence-corrected chi connectivity index (χ1v) is 15.9. The number of imidazole rings is 1. The van der Waals surface area contributed by atoms with E-state index < -0.39 is 28.5 Å². The van der Waals surface area contributed by atoms with Gasteiger partial charge in [-0.2, -0.15) is 5.26 Å². The first-order chi connectivity index (χ1) is 22.9. The van der Waals surface area contributed by atoms with Crippen LogP contribution >= 0.6 is 23.2 Å². The van der Waals surface area contributed by atoms with Gasteiger partial charge in [-0.1, -0.05) is 35.3 Å². The van der Waals surface area contributed by atoms with Crippen LogP contribution in [0.25, 0.3) is 0 Å². The van der Waals surface area contributed by atoms with Gasteiger partial charge in [0.05, 0.1) is 40.3 Å². The number of pyridine rings is 1. The normalized spacial score (nSPS) is 19.6. The van der Waals surface area contributed by atoms with E-state index in [1.54, 1.807) is 60.0 Å². The molecule has 14 heteroatoms. The Bertz CT molecular complexity index is 2040. The molecule has 3 amide bonds. The summed E-state index contributed by atoms with van der Waals surface area (Å²) >= 11 is 12.6. The fourth-order valence-electron chi connectivity index (χ4n) is 6.25. The third-order valence-corrected chi connectivity index (χ3v) is 9.65. The molecule has 3 aliphatic rings. The zero-order valence-electron chi connectivity index (χ0n) is 25.5. The molecule has 2 aliphatic carbocycles. The van der Waals surface area contributed by atoms with Crippen LogP contribution in [-0.4, -0.2) is 48.9 Å². The number of aromatic nitrogens is 3. The van der Waals surface area contributed by atoms with Crippen LogP contribution in [0.1, 0.15) is 70.3 Å². The number of fused-ring (bicyclic) bond motifs is 1. The highest BCUT2D eigenvalue weighted by molar-refractivity contribution is 6.35. The second-order valence-electron chi connectivity index (χ2n) is 12.6. The van der Waals surface area contributed by atoms with Crippen LogP contribution in [0, 0.1) is 11.3 Å². The van der Waals surface area contributed by atoms with Crippen molar-refractivity contribution in [3.63, 3.8) is 0 Å². The number of benzene rings is 2. The van der Waals surface area contributed by atoms with E-state index in [0.29, 0.717) is 52.7 Å². The van der Waals surface area contributed by atoms with Crippen molar-refractivity contribution in [3.8, 4) is 6.07 Å². The minimum atomic E-state index is -1.34. The quantitative estimate of drug-likeness (QED) is 0.225. The van der Waals surface area contributed by atoms with Gasteiger partial charge < -0.3 is 15.7 Å². The van der Waals surface area contributed by atoms with Gasteiger partial charge in [0.25, 0.3) is 11.8 Å². The molecule has 2 aromatic heterocycles. The third-order valence-electron chi connectivity index (χ3n) is 9.21. The second kappa shape index (κ2) is 11.2. The molecular formula is C34H27Cl2N7O5. The van der Waals surface area contributed by atoms with E-state index in [2.05, 4.69) is 26.7 Å². The van der Waals surface area contributed by atoms with Gasteiger partial charge >= 0.3 is 5.97 Å². The van der Waals surface area contributed by atoms with Gasteiger partial charge in [-0.05, 0) is 80.6 Å². The summed E-state index contributed by atoms with van der Waals surface area (Å²) in [5.74, 6) is -2.24. The van der Waals surface area contributed by atoms with Crippen molar-refractivity contribution in [1.82, 2.24) is 25.2 Å². The van der Waals surface area contributed by atoms with Gasteiger partial charge in [0.2, 0.25) is 11.9 Å². The van der Waals surface area contributed by atoms with Crippen LogP contribution in [0.15, 0.2) is 67.0 Å². The number of nitrogens with one attached hydrogen (secondary N) is 2. The standard InChI is InChI=1S/C34H27Cl2N7O5/c1-32(15-19-2-4-20(16-37)5-3-19)30(48)42(24-13-22(35)12-23(36)14-24)31-39-18-25(43(31)32)27(44)40-34(10-11-34)29(47)41-33(8-9-33)26-7-6-21(17-38-26)28(45)46/h2-7,12-14,17-18H,8-11,15H2,1H3,(H,40,44)(H,41,47)(H,45,46)/t32-/m1/s1. The summed E-state index contributed by atoms with van der Waals surface area (Å²) in [6, 6.07) is 16.7. The van der Waals surface area contributed by atoms with Crippen molar-refractivity contribution >= 4 is 58.5 Å². The van der Waals surface area contributed by atoms with Gasteiger partial charge in [-0.25, -0.2) is 14.7 Å². The molecule has 3 heterocycles. The number of hydrogen-bond acceptors (Lipinski definition) is 7. The van der Waals surface area contributed by atoms with Crippen molar-refractivity contribution in [2.75, 3.05) is 4.90 Å². The van der Waals surface area contributed by atoms with Crippen molar-refractivity contribution < 1.29 is 24.3 Å². The largest absolute Gasteiger partial charge is 0.478 e. The second-order valence-corrected chi connectivity index (χ2v) is 13.5. The molecule has 48 heavy (non-hydrogen) atoms.